The van der Waals surface area contributed by atoms with Gasteiger partial charge < -0.3 is 20.5 Å². The number of aliphatic hydroxyl groups is 1. The molecule has 19 heavy (non-hydrogen) atoms. The summed E-state index contributed by atoms with van der Waals surface area (Å²) in [4.78, 5) is 12.8. The first kappa shape index (κ1) is 15.9. The summed E-state index contributed by atoms with van der Waals surface area (Å²) in [5, 5.41) is 16.9. The van der Waals surface area contributed by atoms with Crippen LogP contribution in [0.25, 0.3) is 0 Å². The van der Waals surface area contributed by atoms with Crippen molar-refractivity contribution in [2.24, 2.45) is 0 Å². The van der Waals surface area contributed by atoms with E-state index >= 15 is 0 Å². The Morgan fingerprint density at radius 3 is 2.84 bits per heavy atom. The van der Waals surface area contributed by atoms with E-state index in [0.29, 0.717) is 6.54 Å². The number of hydrogen-bond donors (Lipinski definition) is 3. The van der Waals surface area contributed by atoms with Gasteiger partial charge in [0.1, 0.15) is 0 Å². The van der Waals surface area contributed by atoms with E-state index in [2.05, 4.69) is 30.5 Å². The summed E-state index contributed by atoms with van der Waals surface area (Å²) >= 11 is 1.68. The Labute approximate surface area is 118 Å². The Hall–Kier alpha value is -1.11. The number of ether oxygens (including phenoxy) is 1. The first-order valence-electron chi connectivity index (χ1n) is 6.18. The second kappa shape index (κ2) is 7.47. The number of nitrogens with one attached hydrogen (secondary N) is 2. The molecule has 0 saturated carbocycles. The third kappa shape index (κ3) is 5.59. The smallest absolute Gasteiger partial charge is 0.314 e. The maximum absolute atomic E-state index is 11.6. The maximum atomic E-state index is 11.6. The van der Waals surface area contributed by atoms with Crippen molar-refractivity contribution in [3.63, 3.8) is 0 Å². The van der Waals surface area contributed by atoms with Crippen LogP contribution in [0.15, 0.2) is 17.5 Å². The molecule has 0 saturated heterocycles. The van der Waals surface area contributed by atoms with Crippen LogP contribution in [0.5, 0.6) is 0 Å². The molecule has 2 amide bonds. The maximum Gasteiger partial charge on any atom is 0.314 e. The molecular weight excluding hydrogens is 264 g/mol. The summed E-state index contributed by atoms with van der Waals surface area (Å²) in [6.45, 7) is 5.09. The van der Waals surface area contributed by atoms with Crippen LogP contribution in [-0.2, 0) is 10.2 Å². The molecular formula is C13H22N2O3S. The summed E-state index contributed by atoms with van der Waals surface area (Å²) in [7, 11) is 1.51. The number of rotatable bonds is 7. The SMILES string of the molecule is COCC(O)CNC(=O)NCC(C)(C)c1cccs1. The van der Waals surface area contributed by atoms with E-state index in [1.54, 1.807) is 11.3 Å². The van der Waals surface area contributed by atoms with Gasteiger partial charge in [0.25, 0.3) is 0 Å². The van der Waals surface area contributed by atoms with Gasteiger partial charge in [0.2, 0.25) is 0 Å². The zero-order chi connectivity index (χ0) is 14.3. The van der Waals surface area contributed by atoms with Crippen LogP contribution in [0.4, 0.5) is 4.79 Å². The highest BCUT2D eigenvalue weighted by atomic mass is 32.1. The summed E-state index contributed by atoms with van der Waals surface area (Å²) < 4.78 is 4.78. The standard InChI is InChI=1S/C13H22N2O3S/c1-13(2,11-5-4-6-19-11)9-15-12(17)14-7-10(16)8-18-3/h4-6,10,16H,7-9H2,1-3H3,(H2,14,15,17). The molecule has 0 fully saturated rings. The summed E-state index contributed by atoms with van der Waals surface area (Å²) in [6, 6.07) is 3.79. The highest BCUT2D eigenvalue weighted by molar-refractivity contribution is 7.10. The van der Waals surface area contributed by atoms with Crippen LogP contribution < -0.4 is 10.6 Å². The first-order valence-corrected chi connectivity index (χ1v) is 7.06. The van der Waals surface area contributed by atoms with Crippen LogP contribution >= 0.6 is 11.3 Å². The van der Waals surface area contributed by atoms with Gasteiger partial charge in [0.05, 0.1) is 12.7 Å². The van der Waals surface area contributed by atoms with E-state index in [1.807, 2.05) is 11.4 Å². The van der Waals surface area contributed by atoms with E-state index in [-0.39, 0.29) is 24.6 Å². The van der Waals surface area contributed by atoms with Gasteiger partial charge in [-0.15, -0.1) is 11.3 Å². The number of urea groups is 1. The molecule has 0 aliphatic carbocycles. The Bertz CT molecular complexity index is 379. The normalized spacial score (nSPS) is 13.1. The molecule has 1 aromatic rings. The number of carbonyl (C=O) groups excluding carboxylic acids is 1. The second-order valence-electron chi connectivity index (χ2n) is 5.03. The van der Waals surface area contributed by atoms with Crippen molar-refractivity contribution in [2.75, 3.05) is 26.8 Å². The van der Waals surface area contributed by atoms with Gasteiger partial charge in [-0.2, -0.15) is 0 Å². The van der Waals surface area contributed by atoms with E-state index in [4.69, 9.17) is 4.74 Å². The molecule has 0 spiro atoms. The molecule has 108 valence electrons. The van der Waals surface area contributed by atoms with Crippen molar-refractivity contribution in [2.45, 2.75) is 25.4 Å². The molecule has 1 aromatic heterocycles. The first-order chi connectivity index (χ1) is 8.95. The van der Waals surface area contributed by atoms with Crippen LogP contribution in [-0.4, -0.2) is 44.0 Å². The summed E-state index contributed by atoms with van der Waals surface area (Å²) in [5.74, 6) is 0. The molecule has 0 bridgehead atoms. The highest BCUT2D eigenvalue weighted by Gasteiger charge is 2.22. The average Bonchev–Trinajstić information content (AvgIpc) is 2.89. The lowest BCUT2D eigenvalue weighted by Crippen LogP contribution is -2.44. The molecule has 0 radical (unpaired) electrons. The predicted molar refractivity (Wildman–Crippen MR) is 76.6 cm³/mol. The van der Waals surface area contributed by atoms with Gasteiger partial charge in [-0.1, -0.05) is 19.9 Å². The zero-order valence-electron chi connectivity index (χ0n) is 11.6. The van der Waals surface area contributed by atoms with Gasteiger partial charge in [0, 0.05) is 30.5 Å². The fraction of sp³-hybridized carbons (Fsp3) is 0.615. The van der Waals surface area contributed by atoms with Crippen molar-refractivity contribution < 1.29 is 14.6 Å². The third-order valence-electron chi connectivity index (χ3n) is 2.74. The van der Waals surface area contributed by atoms with Gasteiger partial charge in [0.15, 0.2) is 0 Å². The highest BCUT2D eigenvalue weighted by Crippen LogP contribution is 2.26. The minimum absolute atomic E-state index is 0.101. The second-order valence-corrected chi connectivity index (χ2v) is 5.98. The van der Waals surface area contributed by atoms with Gasteiger partial charge in [-0.05, 0) is 11.4 Å². The summed E-state index contributed by atoms with van der Waals surface area (Å²) in [6.07, 6.45) is -0.680. The average molecular weight is 286 g/mol. The molecule has 1 heterocycles. The number of thiophene rings is 1. The van der Waals surface area contributed by atoms with E-state index in [9.17, 15) is 9.90 Å². The van der Waals surface area contributed by atoms with Crippen LogP contribution in [0, 0.1) is 0 Å². The quantitative estimate of drug-likeness (QED) is 0.708. The largest absolute Gasteiger partial charge is 0.389 e. The molecule has 0 aromatic carbocycles. The molecule has 3 N–H and O–H groups in total. The molecule has 5 nitrogen and oxygen atoms in total. The molecule has 1 unspecified atom stereocenters. The fourth-order valence-corrected chi connectivity index (χ4v) is 2.43. The van der Waals surface area contributed by atoms with Crippen molar-refractivity contribution in [1.29, 1.82) is 0 Å². The van der Waals surface area contributed by atoms with Crippen molar-refractivity contribution >= 4 is 17.4 Å². The number of amides is 2. The Kier molecular flexibility index (Phi) is 6.27. The molecule has 1 rings (SSSR count). The van der Waals surface area contributed by atoms with Gasteiger partial charge >= 0.3 is 6.03 Å². The van der Waals surface area contributed by atoms with Crippen molar-refractivity contribution in [1.82, 2.24) is 10.6 Å². The Morgan fingerprint density at radius 2 is 2.26 bits per heavy atom. The molecule has 6 heteroatoms. The predicted octanol–water partition coefficient (Wildman–Crippen LogP) is 1.33. The Morgan fingerprint density at radius 1 is 1.53 bits per heavy atom. The number of methoxy groups -OCH3 is 1. The molecule has 0 aliphatic rings. The van der Waals surface area contributed by atoms with E-state index < -0.39 is 6.10 Å². The number of aliphatic hydroxyl groups excluding tert-OH is 1. The monoisotopic (exact) mass is 286 g/mol. The van der Waals surface area contributed by atoms with Crippen LogP contribution in [0.2, 0.25) is 0 Å². The fourth-order valence-electron chi connectivity index (χ4n) is 1.58. The van der Waals surface area contributed by atoms with E-state index in [1.165, 1.54) is 12.0 Å². The Balaban J connectivity index is 2.30. The lowest BCUT2D eigenvalue weighted by Gasteiger charge is -2.24. The van der Waals surface area contributed by atoms with Crippen LogP contribution in [0.3, 0.4) is 0 Å². The van der Waals surface area contributed by atoms with Gasteiger partial charge in [-0.25, -0.2) is 4.79 Å². The lowest BCUT2D eigenvalue weighted by molar-refractivity contribution is 0.0659. The topological polar surface area (TPSA) is 70.6 Å². The molecule has 1 atom stereocenters. The van der Waals surface area contributed by atoms with Gasteiger partial charge in [-0.3, -0.25) is 0 Å². The van der Waals surface area contributed by atoms with E-state index in [0.717, 1.165) is 0 Å². The molecule has 0 aliphatic heterocycles. The van der Waals surface area contributed by atoms with Crippen molar-refractivity contribution in [3.05, 3.63) is 22.4 Å². The lowest BCUT2D eigenvalue weighted by atomic mass is 9.91. The summed E-state index contributed by atoms with van der Waals surface area (Å²) in [5.41, 5.74) is -0.101. The van der Waals surface area contributed by atoms with Crippen LogP contribution in [0.1, 0.15) is 18.7 Å². The zero-order valence-corrected chi connectivity index (χ0v) is 12.4. The minimum atomic E-state index is -0.680. The van der Waals surface area contributed by atoms with Crippen molar-refractivity contribution in [3.8, 4) is 0 Å². The third-order valence-corrected chi connectivity index (χ3v) is 3.97. The number of carbonyl (C=O) groups is 1. The number of hydrogen-bond acceptors (Lipinski definition) is 4. The minimum Gasteiger partial charge on any atom is -0.389 e.